The van der Waals surface area contributed by atoms with Crippen LogP contribution in [0.5, 0.6) is 0 Å². The Morgan fingerprint density at radius 3 is 2.23 bits per heavy atom. The average Bonchev–Trinajstić information content (AvgIpc) is 3.10. The molecule has 0 amide bonds. The summed E-state index contributed by atoms with van der Waals surface area (Å²) in [5, 5.41) is 0.774. The van der Waals surface area contributed by atoms with E-state index in [1.165, 1.54) is 11.8 Å². The Hall–Kier alpha value is -2.37. The molecule has 0 radical (unpaired) electrons. The lowest BCUT2D eigenvalue weighted by Gasteiger charge is -2.03. The van der Waals surface area contributed by atoms with E-state index < -0.39 is 0 Å². The van der Waals surface area contributed by atoms with Gasteiger partial charge in [0, 0.05) is 5.56 Å². The Kier molecular flexibility index (Phi) is 5.91. The molecular formula is C21H17BrN2OS. The summed E-state index contributed by atoms with van der Waals surface area (Å²) in [5.41, 5.74) is 4.90. The maximum atomic E-state index is 12.4. The molecule has 0 aliphatic carbocycles. The Morgan fingerprint density at radius 2 is 1.50 bits per heavy atom. The van der Waals surface area contributed by atoms with Crippen LogP contribution < -0.4 is 0 Å². The lowest BCUT2D eigenvalue weighted by molar-refractivity contribution is 0.102. The van der Waals surface area contributed by atoms with Gasteiger partial charge in [-0.3, -0.25) is 4.79 Å². The maximum absolute atomic E-state index is 12.4. The zero-order valence-electron chi connectivity index (χ0n) is 13.9. The van der Waals surface area contributed by atoms with Crippen molar-refractivity contribution in [1.82, 2.24) is 9.97 Å². The summed E-state index contributed by atoms with van der Waals surface area (Å²) < 4.78 is 0. The number of imidazole rings is 1. The zero-order valence-corrected chi connectivity index (χ0v) is 16.4. The van der Waals surface area contributed by atoms with Gasteiger partial charge in [-0.1, -0.05) is 78.5 Å². The Labute approximate surface area is 166 Å². The van der Waals surface area contributed by atoms with E-state index in [0.29, 0.717) is 5.75 Å². The second kappa shape index (κ2) is 8.34. The number of benzene rings is 3. The molecule has 3 aromatic carbocycles. The summed E-state index contributed by atoms with van der Waals surface area (Å²) in [7, 11) is 0. The minimum Gasteiger partial charge on any atom is -0.333 e. The first kappa shape index (κ1) is 18.4. The van der Waals surface area contributed by atoms with Gasteiger partial charge in [0.2, 0.25) is 0 Å². The van der Waals surface area contributed by atoms with Gasteiger partial charge in [0.1, 0.15) is 0 Å². The Morgan fingerprint density at radius 1 is 0.846 bits per heavy atom. The fraction of sp³-hybridized carbons (Fsp3) is 0.0476. The normalized spacial score (nSPS) is 10.5. The second-order valence-corrected chi connectivity index (χ2v) is 6.68. The van der Waals surface area contributed by atoms with Gasteiger partial charge in [0.05, 0.1) is 16.8 Å². The van der Waals surface area contributed by atoms with E-state index in [-0.39, 0.29) is 22.8 Å². The fourth-order valence-corrected chi connectivity index (χ4v) is 3.47. The van der Waals surface area contributed by atoms with Crippen molar-refractivity contribution in [1.29, 1.82) is 0 Å². The summed E-state index contributed by atoms with van der Waals surface area (Å²) in [6.07, 6.45) is 0. The van der Waals surface area contributed by atoms with Crippen molar-refractivity contribution < 1.29 is 4.79 Å². The molecule has 0 spiro atoms. The molecule has 1 N–H and O–H groups in total. The topological polar surface area (TPSA) is 45.8 Å². The molecule has 0 bridgehead atoms. The highest BCUT2D eigenvalue weighted by Gasteiger charge is 2.09. The lowest BCUT2D eigenvalue weighted by atomic mass is 10.0. The number of carbonyl (C=O) groups is 1. The van der Waals surface area contributed by atoms with E-state index in [0.717, 1.165) is 32.9 Å². The number of aromatic amines is 1. The van der Waals surface area contributed by atoms with Gasteiger partial charge in [-0.05, 0) is 23.3 Å². The molecule has 0 fully saturated rings. The van der Waals surface area contributed by atoms with Crippen LogP contribution >= 0.6 is 28.7 Å². The molecular weight excluding hydrogens is 408 g/mol. The third-order valence-electron chi connectivity index (χ3n) is 4.02. The van der Waals surface area contributed by atoms with Crippen molar-refractivity contribution >= 4 is 45.6 Å². The molecule has 4 aromatic rings. The van der Waals surface area contributed by atoms with Crippen LogP contribution in [0.15, 0.2) is 84.0 Å². The number of aromatic nitrogens is 2. The third-order valence-corrected chi connectivity index (χ3v) is 4.89. The van der Waals surface area contributed by atoms with Crippen LogP contribution in [-0.2, 0) is 0 Å². The number of nitrogens with one attached hydrogen (secondary N) is 1. The van der Waals surface area contributed by atoms with Crippen molar-refractivity contribution in [2.24, 2.45) is 0 Å². The molecule has 0 aliphatic rings. The van der Waals surface area contributed by atoms with Crippen LogP contribution in [0.3, 0.4) is 0 Å². The number of halogens is 1. The van der Waals surface area contributed by atoms with Gasteiger partial charge >= 0.3 is 0 Å². The van der Waals surface area contributed by atoms with Gasteiger partial charge in [-0.15, -0.1) is 17.0 Å². The van der Waals surface area contributed by atoms with Gasteiger partial charge in [0.15, 0.2) is 10.9 Å². The highest BCUT2D eigenvalue weighted by Crippen LogP contribution is 2.22. The van der Waals surface area contributed by atoms with Crippen LogP contribution in [0.25, 0.3) is 22.2 Å². The molecule has 130 valence electrons. The first-order valence-corrected chi connectivity index (χ1v) is 9.04. The number of fused-ring (bicyclic) bond motifs is 1. The minimum absolute atomic E-state index is 0. The van der Waals surface area contributed by atoms with Crippen LogP contribution in [0, 0.1) is 0 Å². The van der Waals surface area contributed by atoms with Crippen LogP contribution in [0.4, 0.5) is 0 Å². The number of thioether (sulfide) groups is 1. The Balaban J connectivity index is 0.00000196. The SMILES string of the molecule is Br.O=C(CSc1nc2ccccc2[nH]1)c1ccc(-c2ccccc2)cc1. The smallest absolute Gasteiger partial charge is 0.173 e. The van der Waals surface area contributed by atoms with Gasteiger partial charge in [-0.2, -0.15) is 0 Å². The number of carbonyl (C=O) groups excluding carboxylic acids is 1. The van der Waals surface area contributed by atoms with Crippen LogP contribution in [0.1, 0.15) is 10.4 Å². The molecule has 1 heterocycles. The number of ketones is 1. The summed E-state index contributed by atoms with van der Waals surface area (Å²) >= 11 is 1.43. The molecule has 3 nitrogen and oxygen atoms in total. The Bertz CT molecular complexity index is 980. The fourth-order valence-electron chi connectivity index (χ4n) is 2.69. The van der Waals surface area contributed by atoms with Crippen LogP contribution in [0.2, 0.25) is 0 Å². The average molecular weight is 425 g/mol. The summed E-state index contributed by atoms with van der Waals surface area (Å²) in [6, 6.07) is 25.8. The molecule has 0 aliphatic heterocycles. The van der Waals surface area contributed by atoms with Crippen molar-refractivity contribution in [3.05, 3.63) is 84.4 Å². The predicted octanol–water partition coefficient (Wildman–Crippen LogP) is 5.78. The summed E-state index contributed by atoms with van der Waals surface area (Å²) in [6.45, 7) is 0. The first-order valence-electron chi connectivity index (χ1n) is 8.06. The van der Waals surface area contributed by atoms with E-state index in [1.54, 1.807) is 0 Å². The second-order valence-electron chi connectivity index (χ2n) is 5.71. The number of hydrogen-bond acceptors (Lipinski definition) is 3. The van der Waals surface area contributed by atoms with E-state index in [4.69, 9.17) is 0 Å². The number of para-hydroxylation sites is 2. The van der Waals surface area contributed by atoms with Crippen molar-refractivity contribution in [2.45, 2.75) is 5.16 Å². The highest BCUT2D eigenvalue weighted by atomic mass is 79.9. The molecule has 0 saturated carbocycles. The molecule has 0 atom stereocenters. The zero-order chi connectivity index (χ0) is 17.1. The molecule has 26 heavy (non-hydrogen) atoms. The maximum Gasteiger partial charge on any atom is 0.173 e. The van der Waals surface area contributed by atoms with E-state index in [1.807, 2.05) is 66.7 Å². The van der Waals surface area contributed by atoms with Gasteiger partial charge < -0.3 is 4.98 Å². The quantitative estimate of drug-likeness (QED) is 0.326. The van der Waals surface area contributed by atoms with Crippen molar-refractivity contribution in [2.75, 3.05) is 5.75 Å². The number of rotatable bonds is 5. The van der Waals surface area contributed by atoms with Gasteiger partial charge in [-0.25, -0.2) is 4.98 Å². The van der Waals surface area contributed by atoms with Crippen molar-refractivity contribution in [3.63, 3.8) is 0 Å². The van der Waals surface area contributed by atoms with E-state index in [9.17, 15) is 4.79 Å². The molecule has 5 heteroatoms. The summed E-state index contributed by atoms with van der Waals surface area (Å²) in [5.74, 6) is 0.467. The molecule has 0 unspecified atom stereocenters. The number of H-pyrrole nitrogens is 1. The standard InChI is InChI=1S/C21H16N2OS.BrH/c24-20(14-25-21-22-18-8-4-5-9-19(18)23-21)17-12-10-16(11-13-17)15-6-2-1-3-7-15;/h1-13H,14H2,(H,22,23);1H. The number of Topliss-reactive ketones (excluding diaryl/α,β-unsaturated/α-hetero) is 1. The third kappa shape index (κ3) is 4.06. The lowest BCUT2D eigenvalue weighted by Crippen LogP contribution is -2.02. The highest BCUT2D eigenvalue weighted by molar-refractivity contribution is 8.93. The molecule has 4 rings (SSSR count). The van der Waals surface area contributed by atoms with Gasteiger partial charge in [0.25, 0.3) is 0 Å². The monoisotopic (exact) mass is 424 g/mol. The van der Waals surface area contributed by atoms with Crippen LogP contribution in [-0.4, -0.2) is 21.5 Å². The first-order chi connectivity index (χ1) is 12.3. The van der Waals surface area contributed by atoms with E-state index in [2.05, 4.69) is 22.1 Å². The van der Waals surface area contributed by atoms with E-state index >= 15 is 0 Å². The largest absolute Gasteiger partial charge is 0.333 e. The summed E-state index contributed by atoms with van der Waals surface area (Å²) in [4.78, 5) is 20.1. The molecule has 0 saturated heterocycles. The number of hydrogen-bond donors (Lipinski definition) is 1. The predicted molar refractivity (Wildman–Crippen MR) is 113 cm³/mol. The van der Waals surface area contributed by atoms with Crippen molar-refractivity contribution in [3.8, 4) is 11.1 Å². The number of nitrogens with zero attached hydrogens (tertiary/aromatic N) is 1. The molecule has 1 aromatic heterocycles. The minimum atomic E-state index is 0.